The predicted octanol–water partition coefficient (Wildman–Crippen LogP) is 1.15. The van der Waals surface area contributed by atoms with Gasteiger partial charge in [-0.25, -0.2) is 9.50 Å². The molecule has 0 aliphatic heterocycles. The molecular formula is C17H19N5O3. The first-order chi connectivity index (χ1) is 11.8. The van der Waals surface area contributed by atoms with Gasteiger partial charge in [0.05, 0.1) is 17.3 Å². The summed E-state index contributed by atoms with van der Waals surface area (Å²) < 4.78 is 1.36. The molecule has 0 aliphatic carbocycles. The quantitative estimate of drug-likeness (QED) is 0.660. The van der Waals surface area contributed by atoms with Crippen LogP contribution in [0, 0.1) is 12.8 Å². The highest BCUT2D eigenvalue weighted by molar-refractivity contribution is 5.94. The van der Waals surface area contributed by atoms with Crippen LogP contribution >= 0.6 is 0 Å². The van der Waals surface area contributed by atoms with E-state index >= 15 is 0 Å². The van der Waals surface area contributed by atoms with Crippen LogP contribution in [0.15, 0.2) is 40.1 Å². The SMILES string of the molecule is Cc1cc2nc([C@H](NC(=O)c3ccc(=O)[nH]c3)C(C)C)cc(=O)n2[nH]1. The second-order valence-electron chi connectivity index (χ2n) is 6.29. The molecular weight excluding hydrogens is 322 g/mol. The number of aryl methyl sites for hydroxylation is 1. The Labute approximate surface area is 142 Å². The summed E-state index contributed by atoms with van der Waals surface area (Å²) in [4.78, 5) is 42.8. The van der Waals surface area contributed by atoms with Crippen molar-refractivity contribution in [3.05, 3.63) is 68.1 Å². The van der Waals surface area contributed by atoms with E-state index in [9.17, 15) is 14.4 Å². The normalized spacial score (nSPS) is 12.5. The number of carbonyl (C=O) groups is 1. The van der Waals surface area contributed by atoms with Gasteiger partial charge in [-0.05, 0) is 18.9 Å². The van der Waals surface area contributed by atoms with E-state index in [-0.39, 0.29) is 22.9 Å². The van der Waals surface area contributed by atoms with Crippen molar-refractivity contribution in [1.82, 2.24) is 24.9 Å². The topological polar surface area (TPSA) is 112 Å². The third kappa shape index (κ3) is 3.37. The molecule has 0 bridgehead atoms. The third-order valence-electron chi connectivity index (χ3n) is 3.92. The molecule has 3 heterocycles. The molecule has 1 amide bonds. The minimum atomic E-state index is -0.438. The highest BCUT2D eigenvalue weighted by Crippen LogP contribution is 2.20. The Morgan fingerprint density at radius 3 is 2.64 bits per heavy atom. The van der Waals surface area contributed by atoms with Crippen LogP contribution in [0.2, 0.25) is 0 Å². The number of H-pyrrole nitrogens is 2. The third-order valence-corrected chi connectivity index (χ3v) is 3.92. The Morgan fingerprint density at radius 1 is 1.24 bits per heavy atom. The first-order valence-electron chi connectivity index (χ1n) is 7.94. The number of nitrogens with one attached hydrogen (secondary N) is 3. The summed E-state index contributed by atoms with van der Waals surface area (Å²) in [7, 11) is 0. The maximum Gasteiger partial charge on any atom is 0.272 e. The van der Waals surface area contributed by atoms with Crippen molar-refractivity contribution in [3.63, 3.8) is 0 Å². The van der Waals surface area contributed by atoms with Gasteiger partial charge in [-0.2, -0.15) is 0 Å². The van der Waals surface area contributed by atoms with Gasteiger partial charge in [0.2, 0.25) is 5.56 Å². The number of aromatic nitrogens is 4. The van der Waals surface area contributed by atoms with Gasteiger partial charge in [-0.3, -0.25) is 19.5 Å². The smallest absolute Gasteiger partial charge is 0.272 e. The van der Waals surface area contributed by atoms with Crippen LogP contribution < -0.4 is 16.4 Å². The summed E-state index contributed by atoms with van der Waals surface area (Å²) in [5.41, 5.74) is 1.64. The largest absolute Gasteiger partial charge is 0.343 e. The zero-order valence-electron chi connectivity index (χ0n) is 14.2. The van der Waals surface area contributed by atoms with E-state index in [0.717, 1.165) is 5.69 Å². The maximum absolute atomic E-state index is 12.4. The van der Waals surface area contributed by atoms with Crippen molar-refractivity contribution in [1.29, 1.82) is 0 Å². The summed E-state index contributed by atoms with van der Waals surface area (Å²) in [5, 5.41) is 5.80. The first-order valence-corrected chi connectivity index (χ1v) is 7.94. The Hall–Kier alpha value is -3.16. The maximum atomic E-state index is 12.4. The lowest BCUT2D eigenvalue weighted by Gasteiger charge is -2.21. The summed E-state index contributed by atoms with van der Waals surface area (Å²) in [5.74, 6) is -0.330. The van der Waals surface area contributed by atoms with Crippen molar-refractivity contribution in [2.45, 2.75) is 26.8 Å². The van der Waals surface area contributed by atoms with Gasteiger partial charge in [0, 0.05) is 30.1 Å². The molecule has 3 N–H and O–H groups in total. The van der Waals surface area contributed by atoms with E-state index in [4.69, 9.17) is 0 Å². The fraction of sp³-hybridized carbons (Fsp3) is 0.294. The minimum Gasteiger partial charge on any atom is -0.343 e. The van der Waals surface area contributed by atoms with Crippen LogP contribution in [0.5, 0.6) is 0 Å². The highest BCUT2D eigenvalue weighted by Gasteiger charge is 2.22. The number of hydrogen-bond donors (Lipinski definition) is 3. The Bertz CT molecular complexity index is 1020. The first kappa shape index (κ1) is 16.7. The molecule has 0 fully saturated rings. The standard InChI is InChI=1S/C17H19N5O3/c1-9(2)16(20-17(25)11-4-5-14(23)18-8-11)12-7-15(24)22-13(19-12)6-10(3)21-22/h4-9,16,21H,1-3H3,(H,18,23)(H,20,25)/t16-/m1/s1. The number of hydrogen-bond acceptors (Lipinski definition) is 4. The van der Waals surface area contributed by atoms with Crippen LogP contribution in [-0.4, -0.2) is 25.5 Å². The fourth-order valence-electron chi connectivity index (χ4n) is 2.65. The van der Waals surface area contributed by atoms with E-state index in [1.807, 2.05) is 20.8 Å². The number of aromatic amines is 2. The van der Waals surface area contributed by atoms with Crippen LogP contribution in [0.4, 0.5) is 0 Å². The lowest BCUT2D eigenvalue weighted by Crippen LogP contribution is -2.33. The van der Waals surface area contributed by atoms with Crippen molar-refractivity contribution in [2.24, 2.45) is 5.92 Å². The van der Waals surface area contributed by atoms with Gasteiger partial charge < -0.3 is 10.3 Å². The number of carbonyl (C=O) groups excluding carboxylic acids is 1. The number of fused-ring (bicyclic) bond motifs is 1. The highest BCUT2D eigenvalue weighted by atomic mass is 16.2. The second-order valence-corrected chi connectivity index (χ2v) is 6.29. The fourth-order valence-corrected chi connectivity index (χ4v) is 2.65. The molecule has 0 aromatic carbocycles. The van der Waals surface area contributed by atoms with Gasteiger partial charge in [-0.15, -0.1) is 0 Å². The zero-order valence-corrected chi connectivity index (χ0v) is 14.2. The average molecular weight is 341 g/mol. The van der Waals surface area contributed by atoms with Crippen molar-refractivity contribution in [3.8, 4) is 0 Å². The molecule has 8 nitrogen and oxygen atoms in total. The van der Waals surface area contributed by atoms with Gasteiger partial charge >= 0.3 is 0 Å². The summed E-state index contributed by atoms with van der Waals surface area (Å²) >= 11 is 0. The summed E-state index contributed by atoms with van der Waals surface area (Å²) in [6, 6.07) is 5.49. The molecule has 0 saturated carbocycles. The molecule has 25 heavy (non-hydrogen) atoms. The molecule has 8 heteroatoms. The Morgan fingerprint density at radius 2 is 2.00 bits per heavy atom. The molecule has 130 valence electrons. The van der Waals surface area contributed by atoms with E-state index in [2.05, 4.69) is 20.4 Å². The predicted molar refractivity (Wildman–Crippen MR) is 92.7 cm³/mol. The Kier molecular flexibility index (Phi) is 4.26. The van der Waals surface area contributed by atoms with Crippen LogP contribution in [-0.2, 0) is 0 Å². The van der Waals surface area contributed by atoms with Crippen LogP contribution in [0.25, 0.3) is 5.65 Å². The van der Waals surface area contributed by atoms with Crippen LogP contribution in [0.1, 0.15) is 41.6 Å². The van der Waals surface area contributed by atoms with E-state index in [1.54, 1.807) is 6.07 Å². The van der Waals surface area contributed by atoms with Gasteiger partial charge in [0.25, 0.3) is 11.5 Å². The van der Waals surface area contributed by atoms with Crippen molar-refractivity contribution in [2.75, 3.05) is 0 Å². The molecule has 0 aliphatic rings. The molecule has 3 rings (SSSR count). The number of pyridine rings is 1. The minimum absolute atomic E-state index is 0.0149. The van der Waals surface area contributed by atoms with Gasteiger partial charge in [0.1, 0.15) is 0 Å². The van der Waals surface area contributed by atoms with E-state index < -0.39 is 6.04 Å². The monoisotopic (exact) mass is 341 g/mol. The Balaban J connectivity index is 1.96. The summed E-state index contributed by atoms with van der Waals surface area (Å²) in [6.07, 6.45) is 1.36. The van der Waals surface area contributed by atoms with E-state index in [1.165, 1.54) is 28.9 Å². The molecule has 1 atom stereocenters. The molecule has 0 spiro atoms. The number of nitrogens with zero attached hydrogens (tertiary/aromatic N) is 2. The van der Waals surface area contributed by atoms with Crippen LogP contribution in [0.3, 0.4) is 0 Å². The molecule has 3 aromatic heterocycles. The second kappa shape index (κ2) is 6.39. The number of amides is 1. The van der Waals surface area contributed by atoms with Crippen molar-refractivity contribution >= 4 is 11.6 Å². The molecule has 0 saturated heterocycles. The number of rotatable bonds is 4. The van der Waals surface area contributed by atoms with Gasteiger partial charge in [0.15, 0.2) is 5.65 Å². The zero-order chi connectivity index (χ0) is 18.1. The lowest BCUT2D eigenvalue weighted by molar-refractivity contribution is 0.0924. The molecule has 3 aromatic rings. The summed E-state index contributed by atoms with van der Waals surface area (Å²) in [6.45, 7) is 5.71. The van der Waals surface area contributed by atoms with Gasteiger partial charge in [-0.1, -0.05) is 13.8 Å². The van der Waals surface area contributed by atoms with E-state index in [0.29, 0.717) is 16.9 Å². The van der Waals surface area contributed by atoms with Crippen molar-refractivity contribution < 1.29 is 4.79 Å². The molecule has 0 unspecified atom stereocenters. The molecule has 0 radical (unpaired) electrons. The average Bonchev–Trinajstić information content (AvgIpc) is 2.93. The lowest BCUT2D eigenvalue weighted by atomic mass is 10.00.